The summed E-state index contributed by atoms with van der Waals surface area (Å²) in [5.74, 6) is -2.90. The number of pyridine rings is 1. The molecule has 1 aromatic heterocycles. The van der Waals surface area contributed by atoms with Crippen molar-refractivity contribution in [2.45, 2.75) is 69.0 Å². The van der Waals surface area contributed by atoms with E-state index in [0.717, 1.165) is 28.2 Å². The van der Waals surface area contributed by atoms with Crippen LogP contribution in [0.1, 0.15) is 62.6 Å². The smallest absolute Gasteiger partial charge is 0.327 e. The number of rotatable bonds is 13. The number of halogens is 4. The highest BCUT2D eigenvalue weighted by atomic mass is 79.9. The highest BCUT2D eigenvalue weighted by molar-refractivity contribution is 9.10. The van der Waals surface area contributed by atoms with E-state index < -0.39 is 70.8 Å². The molecular formula is C35H42Br2F2N2O11S2. The number of carbonyl (C=O) groups is 3. The SMILES string of the molecule is CCOC(=O)[C@@](C)(CCN1C(=O)c2ccc(Br)cc2C(F)C1OC)S(C)(=O)=O.CCOC(=O)[C@@](C)(CCn1cc(F)c2cc(Br)ccc2c1=O)S(C)(=O)=O. The molecule has 0 saturated carbocycles. The van der Waals surface area contributed by atoms with Crippen LogP contribution >= 0.6 is 31.9 Å². The molecule has 1 amide bonds. The first-order valence-electron chi connectivity index (χ1n) is 16.5. The van der Waals surface area contributed by atoms with Crippen LogP contribution in [0.4, 0.5) is 8.78 Å². The highest BCUT2D eigenvalue weighted by Crippen LogP contribution is 2.37. The highest BCUT2D eigenvalue weighted by Gasteiger charge is 2.48. The number of sulfone groups is 2. The van der Waals surface area contributed by atoms with Crippen molar-refractivity contribution in [2.24, 2.45) is 0 Å². The van der Waals surface area contributed by atoms with Crippen molar-refractivity contribution in [1.82, 2.24) is 9.47 Å². The van der Waals surface area contributed by atoms with Crippen LogP contribution in [-0.2, 0) is 50.0 Å². The van der Waals surface area contributed by atoms with Crippen LogP contribution in [-0.4, -0.2) is 99.3 Å². The number of aryl methyl sites for hydroxylation is 1. The molecule has 4 rings (SSSR count). The Balaban J connectivity index is 0.000000291. The summed E-state index contributed by atoms with van der Waals surface area (Å²) in [5, 5.41) is 0.335. The fourth-order valence-electron chi connectivity index (χ4n) is 5.61. The number of amides is 1. The Kier molecular flexibility index (Phi) is 14.8. The van der Waals surface area contributed by atoms with Crippen LogP contribution in [0.25, 0.3) is 10.8 Å². The molecule has 0 aliphatic carbocycles. The molecule has 0 fully saturated rings. The average molecular weight is 929 g/mol. The predicted octanol–water partition coefficient (Wildman–Crippen LogP) is 5.30. The summed E-state index contributed by atoms with van der Waals surface area (Å²) in [6.07, 6.45) is -0.444. The van der Waals surface area contributed by atoms with E-state index in [-0.39, 0.29) is 61.0 Å². The van der Waals surface area contributed by atoms with E-state index in [2.05, 4.69) is 31.9 Å². The van der Waals surface area contributed by atoms with Crippen molar-refractivity contribution in [2.75, 3.05) is 39.4 Å². The van der Waals surface area contributed by atoms with Crippen LogP contribution in [0.2, 0.25) is 0 Å². The Hall–Kier alpha value is -3.26. The number of carbonyl (C=O) groups excluding carboxylic acids is 3. The van der Waals surface area contributed by atoms with E-state index in [0.29, 0.717) is 8.95 Å². The maximum Gasteiger partial charge on any atom is 0.327 e. The minimum absolute atomic E-state index is 0.0160. The van der Waals surface area contributed by atoms with Gasteiger partial charge in [-0.2, -0.15) is 0 Å². The number of methoxy groups -OCH3 is 1. The van der Waals surface area contributed by atoms with Gasteiger partial charge >= 0.3 is 11.9 Å². The first-order valence-corrected chi connectivity index (χ1v) is 21.8. The molecule has 0 bridgehead atoms. The summed E-state index contributed by atoms with van der Waals surface area (Å²) >= 11 is 6.48. The van der Waals surface area contributed by atoms with Gasteiger partial charge < -0.3 is 23.7 Å². The van der Waals surface area contributed by atoms with Crippen molar-refractivity contribution in [3.05, 3.63) is 78.8 Å². The van der Waals surface area contributed by atoms with Gasteiger partial charge in [0.05, 0.1) is 18.6 Å². The molecule has 0 N–H and O–H groups in total. The second-order valence-corrected chi connectivity index (χ2v) is 19.6. The molecule has 298 valence electrons. The van der Waals surface area contributed by atoms with Crippen molar-refractivity contribution in [3.8, 4) is 0 Å². The van der Waals surface area contributed by atoms with E-state index >= 15 is 4.39 Å². The van der Waals surface area contributed by atoms with E-state index in [1.807, 2.05) is 0 Å². The Bertz CT molecular complexity index is 2200. The monoisotopic (exact) mass is 926 g/mol. The summed E-state index contributed by atoms with van der Waals surface area (Å²) in [4.78, 5) is 51.1. The van der Waals surface area contributed by atoms with Gasteiger partial charge in [0.2, 0.25) is 0 Å². The number of esters is 2. The minimum Gasteiger partial charge on any atom is -0.465 e. The third kappa shape index (κ3) is 9.39. The van der Waals surface area contributed by atoms with Crippen molar-refractivity contribution in [1.29, 1.82) is 0 Å². The third-order valence-electron chi connectivity index (χ3n) is 9.31. The second kappa shape index (κ2) is 17.7. The summed E-state index contributed by atoms with van der Waals surface area (Å²) in [6.45, 7) is 5.33. The van der Waals surface area contributed by atoms with Gasteiger partial charge in [-0.1, -0.05) is 31.9 Å². The minimum atomic E-state index is -3.86. The standard InChI is InChI=1S/C18H23BrFNO6S.C17H19BrFNO5S/c1-5-27-17(23)18(2,28(4,24)25)8-9-21-15(22)12-7-6-11(19)10-13(12)14(20)16(21)26-3;1-4-25-16(22)17(2,26(3,23)24)7-8-20-10-14(19)13-9-11(18)5-6-12(13)15(20)21/h6-7,10,14,16H,5,8-9H2,1-4H3;5-6,9-10H,4,7-8H2,1-3H3/t14?,16?,18-;17-/m11/s1. The molecule has 1 aliphatic heterocycles. The molecule has 13 nitrogen and oxygen atoms in total. The van der Waals surface area contributed by atoms with Gasteiger partial charge in [-0.3, -0.25) is 19.2 Å². The lowest BCUT2D eigenvalue weighted by molar-refractivity contribution is -0.147. The molecule has 1 aliphatic rings. The van der Waals surface area contributed by atoms with Crippen molar-refractivity contribution < 1.29 is 54.2 Å². The lowest BCUT2D eigenvalue weighted by Crippen LogP contribution is -2.52. The van der Waals surface area contributed by atoms with Gasteiger partial charge in [-0.25, -0.2) is 25.6 Å². The van der Waals surface area contributed by atoms with Crippen molar-refractivity contribution >= 4 is 80.2 Å². The van der Waals surface area contributed by atoms with E-state index in [1.54, 1.807) is 26.0 Å². The molecule has 54 heavy (non-hydrogen) atoms. The number of ether oxygens (including phenoxy) is 3. The molecule has 19 heteroatoms. The second-order valence-electron chi connectivity index (χ2n) is 12.9. The maximum absolute atomic E-state index is 15.0. The molecule has 0 saturated heterocycles. The Morgan fingerprint density at radius 2 is 1.33 bits per heavy atom. The molecule has 4 atom stereocenters. The number of alkyl halides is 1. The zero-order valence-electron chi connectivity index (χ0n) is 30.7. The Labute approximate surface area is 329 Å². The van der Waals surface area contributed by atoms with Crippen LogP contribution in [0.5, 0.6) is 0 Å². The zero-order valence-corrected chi connectivity index (χ0v) is 35.5. The zero-order chi connectivity index (χ0) is 41.0. The molecular weight excluding hydrogens is 886 g/mol. The van der Waals surface area contributed by atoms with Gasteiger partial charge in [0.1, 0.15) is 5.82 Å². The lowest BCUT2D eigenvalue weighted by Gasteiger charge is -2.39. The molecule has 2 heterocycles. The van der Waals surface area contributed by atoms with E-state index in [9.17, 15) is 40.4 Å². The van der Waals surface area contributed by atoms with Crippen LogP contribution in [0.15, 0.2) is 56.3 Å². The Morgan fingerprint density at radius 3 is 1.83 bits per heavy atom. The number of nitrogens with zero attached hydrogens (tertiary/aromatic N) is 2. The van der Waals surface area contributed by atoms with Gasteiger partial charge in [-0.15, -0.1) is 0 Å². The fourth-order valence-corrected chi connectivity index (χ4v) is 8.00. The third-order valence-corrected chi connectivity index (χ3v) is 14.3. The van der Waals surface area contributed by atoms with Gasteiger partial charge in [-0.05, 0) is 76.9 Å². The summed E-state index contributed by atoms with van der Waals surface area (Å²) < 4.78 is 91.8. The summed E-state index contributed by atoms with van der Waals surface area (Å²) in [7, 11) is -6.41. The number of benzene rings is 2. The number of hydrogen-bond donors (Lipinski definition) is 0. The number of fused-ring (bicyclic) bond motifs is 2. The largest absolute Gasteiger partial charge is 0.465 e. The lowest BCUT2D eigenvalue weighted by atomic mass is 9.95. The van der Waals surface area contributed by atoms with Crippen LogP contribution < -0.4 is 5.56 Å². The molecule has 2 aromatic carbocycles. The number of hydrogen-bond acceptors (Lipinski definition) is 11. The van der Waals surface area contributed by atoms with E-state index in [1.165, 1.54) is 45.2 Å². The molecule has 3 aromatic rings. The average Bonchev–Trinajstić information content (AvgIpc) is 3.09. The van der Waals surface area contributed by atoms with E-state index in [4.69, 9.17) is 14.2 Å². The molecule has 0 radical (unpaired) electrons. The quantitative estimate of drug-likeness (QED) is 0.204. The van der Waals surface area contributed by atoms with Crippen LogP contribution in [0.3, 0.4) is 0 Å². The first kappa shape index (κ1) is 45.1. The molecule has 0 spiro atoms. The topological polar surface area (TPSA) is 172 Å². The fraction of sp³-hybridized carbons (Fsp3) is 0.486. The summed E-state index contributed by atoms with van der Waals surface area (Å²) in [5.41, 5.74) is -0.103. The number of aromatic nitrogens is 1. The first-order chi connectivity index (χ1) is 25.0. The predicted molar refractivity (Wildman–Crippen MR) is 205 cm³/mol. The van der Waals surface area contributed by atoms with Gasteiger partial charge in [0.25, 0.3) is 11.5 Å². The Morgan fingerprint density at radius 1 is 0.833 bits per heavy atom. The van der Waals surface area contributed by atoms with Gasteiger partial charge in [0.15, 0.2) is 41.6 Å². The maximum atomic E-state index is 15.0. The molecule has 2 unspecified atom stereocenters. The normalized spacial score (nSPS) is 18.1. The van der Waals surface area contributed by atoms with Crippen LogP contribution in [0, 0.1) is 5.82 Å². The van der Waals surface area contributed by atoms with Gasteiger partial charge in [0, 0.05) is 64.4 Å². The summed E-state index contributed by atoms with van der Waals surface area (Å²) in [6, 6.07) is 9.23. The van der Waals surface area contributed by atoms with Crippen molar-refractivity contribution in [3.63, 3.8) is 0 Å².